The third-order valence-corrected chi connectivity index (χ3v) is 3.63. The second kappa shape index (κ2) is 6.10. The first-order chi connectivity index (χ1) is 10.3. The Morgan fingerprint density at radius 1 is 0.952 bits per heavy atom. The van der Waals surface area contributed by atoms with Gasteiger partial charge in [-0.15, -0.1) is 10.2 Å². The lowest BCUT2D eigenvalue weighted by Crippen LogP contribution is -1.98. The summed E-state index contributed by atoms with van der Waals surface area (Å²) in [4.78, 5) is 0. The Morgan fingerprint density at radius 3 is 2.33 bits per heavy atom. The summed E-state index contributed by atoms with van der Waals surface area (Å²) in [5, 5.41) is 8.58. The van der Waals surface area contributed by atoms with Gasteiger partial charge in [0.05, 0.1) is 5.69 Å². The fourth-order valence-corrected chi connectivity index (χ4v) is 2.58. The normalized spacial score (nSPS) is 10.8. The third kappa shape index (κ3) is 2.83. The summed E-state index contributed by atoms with van der Waals surface area (Å²) in [6.45, 7) is 2.18. The topological polar surface area (TPSA) is 30.7 Å². The van der Waals surface area contributed by atoms with Crippen LogP contribution in [0.4, 0.5) is 0 Å². The van der Waals surface area contributed by atoms with Gasteiger partial charge in [0.15, 0.2) is 5.82 Å². The number of nitrogens with zero attached hydrogens (tertiary/aromatic N) is 3. The molecule has 2 aromatic carbocycles. The molecule has 3 rings (SSSR count). The first-order valence-electron chi connectivity index (χ1n) is 7.05. The lowest BCUT2D eigenvalue weighted by molar-refractivity contribution is 0.920. The number of hydrogen-bond acceptors (Lipinski definition) is 2. The van der Waals surface area contributed by atoms with Crippen LogP contribution in [-0.4, -0.2) is 14.8 Å². The van der Waals surface area contributed by atoms with Crippen molar-refractivity contribution in [1.29, 1.82) is 0 Å². The molecular formula is C17H16ClN3. The van der Waals surface area contributed by atoms with E-state index in [2.05, 4.69) is 41.4 Å². The Hall–Kier alpha value is -2.13. The van der Waals surface area contributed by atoms with E-state index >= 15 is 0 Å². The molecule has 0 aliphatic carbocycles. The van der Waals surface area contributed by atoms with E-state index in [1.54, 1.807) is 0 Å². The third-order valence-electron chi connectivity index (χ3n) is 3.39. The minimum atomic E-state index is 0.372. The van der Waals surface area contributed by atoms with E-state index in [9.17, 15) is 0 Å². The van der Waals surface area contributed by atoms with Crippen molar-refractivity contribution >= 4 is 11.6 Å². The largest absolute Gasteiger partial charge is 0.266 e. The van der Waals surface area contributed by atoms with E-state index in [0.717, 1.165) is 29.9 Å². The monoisotopic (exact) mass is 297 g/mol. The average Bonchev–Trinajstić information content (AvgIpc) is 2.91. The molecule has 0 N–H and O–H groups in total. The summed E-state index contributed by atoms with van der Waals surface area (Å²) in [6, 6.07) is 18.3. The SMILES string of the molecule is CCCc1ccc(-n2c(Cl)nnc2-c2ccccc2)cc1. The van der Waals surface area contributed by atoms with Gasteiger partial charge in [0.2, 0.25) is 5.28 Å². The number of halogens is 1. The van der Waals surface area contributed by atoms with Crippen molar-refractivity contribution in [3.8, 4) is 17.1 Å². The first-order valence-corrected chi connectivity index (χ1v) is 7.43. The molecule has 1 heterocycles. The molecule has 0 fully saturated rings. The highest BCUT2D eigenvalue weighted by Crippen LogP contribution is 2.25. The Labute approximate surface area is 129 Å². The number of hydrogen-bond donors (Lipinski definition) is 0. The van der Waals surface area contributed by atoms with Crippen molar-refractivity contribution in [1.82, 2.24) is 14.8 Å². The van der Waals surface area contributed by atoms with Crippen LogP contribution in [0.5, 0.6) is 0 Å². The van der Waals surface area contributed by atoms with Gasteiger partial charge in [0, 0.05) is 5.56 Å². The summed E-state index contributed by atoms with van der Waals surface area (Å²) in [7, 11) is 0. The molecule has 0 aliphatic rings. The van der Waals surface area contributed by atoms with Gasteiger partial charge in [-0.2, -0.15) is 0 Å². The van der Waals surface area contributed by atoms with Crippen LogP contribution in [0.1, 0.15) is 18.9 Å². The molecule has 0 saturated carbocycles. The fourth-order valence-electron chi connectivity index (χ4n) is 2.37. The van der Waals surface area contributed by atoms with Crippen LogP contribution >= 0.6 is 11.6 Å². The van der Waals surface area contributed by atoms with Gasteiger partial charge < -0.3 is 0 Å². The highest BCUT2D eigenvalue weighted by molar-refractivity contribution is 6.28. The van der Waals surface area contributed by atoms with E-state index in [-0.39, 0.29) is 0 Å². The van der Waals surface area contributed by atoms with Crippen molar-refractivity contribution in [2.75, 3.05) is 0 Å². The number of rotatable bonds is 4. The zero-order valence-corrected chi connectivity index (χ0v) is 12.6. The Balaban J connectivity index is 2.04. The molecule has 0 radical (unpaired) electrons. The zero-order valence-electron chi connectivity index (χ0n) is 11.8. The van der Waals surface area contributed by atoms with Crippen LogP contribution in [0.3, 0.4) is 0 Å². The molecule has 4 heteroatoms. The van der Waals surface area contributed by atoms with Gasteiger partial charge in [0.25, 0.3) is 0 Å². The Bertz CT molecular complexity index is 718. The van der Waals surface area contributed by atoms with Gasteiger partial charge in [-0.05, 0) is 35.7 Å². The number of benzene rings is 2. The summed E-state index contributed by atoms with van der Waals surface area (Å²) >= 11 is 6.22. The highest BCUT2D eigenvalue weighted by Gasteiger charge is 2.13. The van der Waals surface area contributed by atoms with Crippen molar-refractivity contribution in [3.63, 3.8) is 0 Å². The maximum atomic E-state index is 6.22. The molecule has 0 spiro atoms. The molecule has 0 amide bonds. The maximum absolute atomic E-state index is 6.22. The zero-order chi connectivity index (χ0) is 14.7. The predicted octanol–water partition coefficient (Wildman–Crippen LogP) is 4.54. The lowest BCUT2D eigenvalue weighted by Gasteiger charge is -2.09. The molecular weight excluding hydrogens is 282 g/mol. The van der Waals surface area contributed by atoms with E-state index < -0.39 is 0 Å². The van der Waals surface area contributed by atoms with Gasteiger partial charge in [-0.1, -0.05) is 55.8 Å². The van der Waals surface area contributed by atoms with Crippen molar-refractivity contribution in [2.24, 2.45) is 0 Å². The van der Waals surface area contributed by atoms with Crippen LogP contribution in [0.15, 0.2) is 54.6 Å². The van der Waals surface area contributed by atoms with Crippen molar-refractivity contribution in [2.45, 2.75) is 19.8 Å². The first kappa shape index (κ1) is 13.8. The van der Waals surface area contributed by atoms with Gasteiger partial charge in [0.1, 0.15) is 0 Å². The molecule has 3 aromatic rings. The van der Waals surface area contributed by atoms with E-state index in [1.807, 2.05) is 34.9 Å². The smallest absolute Gasteiger partial charge is 0.229 e. The average molecular weight is 298 g/mol. The van der Waals surface area contributed by atoms with Gasteiger partial charge >= 0.3 is 0 Å². The Morgan fingerprint density at radius 2 is 1.67 bits per heavy atom. The van der Waals surface area contributed by atoms with Crippen LogP contribution in [0.2, 0.25) is 5.28 Å². The maximum Gasteiger partial charge on any atom is 0.229 e. The fraction of sp³-hybridized carbons (Fsp3) is 0.176. The molecule has 0 atom stereocenters. The lowest BCUT2D eigenvalue weighted by atomic mass is 10.1. The van der Waals surface area contributed by atoms with Crippen molar-refractivity contribution in [3.05, 3.63) is 65.4 Å². The van der Waals surface area contributed by atoms with E-state index in [0.29, 0.717) is 5.28 Å². The minimum absolute atomic E-state index is 0.372. The highest BCUT2D eigenvalue weighted by atomic mass is 35.5. The van der Waals surface area contributed by atoms with Gasteiger partial charge in [-0.3, -0.25) is 4.57 Å². The summed E-state index contributed by atoms with van der Waals surface area (Å²) in [5.41, 5.74) is 3.30. The molecule has 3 nitrogen and oxygen atoms in total. The minimum Gasteiger partial charge on any atom is -0.266 e. The van der Waals surface area contributed by atoms with Crippen LogP contribution in [0.25, 0.3) is 17.1 Å². The van der Waals surface area contributed by atoms with E-state index in [4.69, 9.17) is 11.6 Å². The molecule has 0 unspecified atom stereocenters. The summed E-state index contributed by atoms with van der Waals surface area (Å²) in [6.07, 6.45) is 2.23. The number of aryl methyl sites for hydroxylation is 1. The molecule has 1 aromatic heterocycles. The molecule has 0 saturated heterocycles. The second-order valence-corrected chi connectivity index (χ2v) is 5.25. The molecule has 21 heavy (non-hydrogen) atoms. The van der Waals surface area contributed by atoms with Crippen LogP contribution < -0.4 is 0 Å². The van der Waals surface area contributed by atoms with E-state index in [1.165, 1.54) is 5.56 Å². The van der Waals surface area contributed by atoms with Gasteiger partial charge in [-0.25, -0.2) is 0 Å². The van der Waals surface area contributed by atoms with Crippen molar-refractivity contribution < 1.29 is 0 Å². The molecule has 106 valence electrons. The van der Waals surface area contributed by atoms with Crippen LogP contribution in [0, 0.1) is 0 Å². The second-order valence-electron chi connectivity index (χ2n) is 4.91. The van der Waals surface area contributed by atoms with Crippen LogP contribution in [-0.2, 0) is 6.42 Å². The standard InChI is InChI=1S/C17H16ClN3/c1-2-6-13-9-11-15(12-10-13)21-16(19-20-17(21)18)14-7-4-3-5-8-14/h3-5,7-12H,2,6H2,1H3. The summed E-state index contributed by atoms with van der Waals surface area (Å²) in [5.74, 6) is 0.754. The number of aromatic nitrogens is 3. The molecule has 0 aliphatic heterocycles. The molecule has 0 bridgehead atoms. The Kier molecular flexibility index (Phi) is 4.02. The predicted molar refractivity (Wildman–Crippen MR) is 85.8 cm³/mol. The quantitative estimate of drug-likeness (QED) is 0.708. The summed E-state index contributed by atoms with van der Waals surface area (Å²) < 4.78 is 1.87.